The quantitative estimate of drug-likeness (QED) is 0.664. The molecule has 2 heteroatoms. The summed E-state index contributed by atoms with van der Waals surface area (Å²) in [6.45, 7) is 2.62. The van der Waals surface area contributed by atoms with Gasteiger partial charge in [-0.05, 0) is 37.1 Å². The summed E-state index contributed by atoms with van der Waals surface area (Å²) in [5.74, 6) is 0.869. The summed E-state index contributed by atoms with van der Waals surface area (Å²) in [5.41, 5.74) is 1.13. The second-order valence-electron chi connectivity index (χ2n) is 2.80. The van der Waals surface area contributed by atoms with Gasteiger partial charge in [-0.3, -0.25) is 4.79 Å². The van der Waals surface area contributed by atoms with E-state index in [1.165, 1.54) is 6.08 Å². The zero-order valence-corrected chi connectivity index (χ0v) is 8.19. The summed E-state index contributed by atoms with van der Waals surface area (Å²) in [6, 6.07) is 7.83. The van der Waals surface area contributed by atoms with E-state index in [2.05, 4.69) is 0 Å². The Morgan fingerprint density at radius 1 is 1.50 bits per heavy atom. The molecule has 0 aliphatic carbocycles. The van der Waals surface area contributed by atoms with Crippen molar-refractivity contribution in [2.45, 2.75) is 13.3 Å². The normalized spacial score (nSPS) is 10.4. The summed E-state index contributed by atoms with van der Waals surface area (Å²) in [5, 5.41) is 0. The van der Waals surface area contributed by atoms with Crippen LogP contribution < -0.4 is 4.74 Å². The Balaban J connectivity index is 2.63. The number of rotatable bonds is 5. The molecule has 0 bridgehead atoms. The van der Waals surface area contributed by atoms with Gasteiger partial charge in [0.1, 0.15) is 5.75 Å². The van der Waals surface area contributed by atoms with Gasteiger partial charge in [0.25, 0.3) is 0 Å². The van der Waals surface area contributed by atoms with Crippen LogP contribution in [0.1, 0.15) is 12.5 Å². The fourth-order valence-corrected chi connectivity index (χ4v) is 1.17. The second-order valence-corrected chi connectivity index (χ2v) is 2.80. The third-order valence-corrected chi connectivity index (χ3v) is 1.75. The fourth-order valence-electron chi connectivity index (χ4n) is 1.17. The van der Waals surface area contributed by atoms with Crippen molar-refractivity contribution in [3.63, 3.8) is 0 Å². The first-order valence-electron chi connectivity index (χ1n) is 4.61. The molecule has 1 aromatic carbocycles. The maximum atomic E-state index is 9.93. The van der Waals surface area contributed by atoms with Crippen LogP contribution in [0.15, 0.2) is 36.4 Å². The topological polar surface area (TPSA) is 26.3 Å². The van der Waals surface area contributed by atoms with Crippen molar-refractivity contribution in [1.29, 1.82) is 0 Å². The highest BCUT2D eigenvalue weighted by atomic mass is 16.5. The molecule has 0 fully saturated rings. The Hall–Kier alpha value is -1.57. The number of hydrogen-bond donors (Lipinski definition) is 0. The van der Waals surface area contributed by atoms with Crippen molar-refractivity contribution >= 4 is 6.29 Å². The Kier molecular flexibility index (Phi) is 4.48. The molecule has 1 rings (SSSR count). The number of benzene rings is 1. The first-order chi connectivity index (χ1) is 6.86. The fraction of sp³-hybridized carbons (Fsp3) is 0.250. The van der Waals surface area contributed by atoms with Crippen LogP contribution in [0.2, 0.25) is 0 Å². The average molecular weight is 189 g/mol. The predicted molar refractivity (Wildman–Crippen MR) is 56.1 cm³/mol. The highest BCUT2D eigenvalue weighted by Crippen LogP contribution is 2.13. The van der Waals surface area contributed by atoms with Crippen molar-refractivity contribution < 1.29 is 9.53 Å². The van der Waals surface area contributed by atoms with E-state index in [4.69, 9.17) is 4.74 Å². The first-order valence-corrected chi connectivity index (χ1v) is 4.61. The molecule has 2 nitrogen and oxygen atoms in total. The minimum Gasteiger partial charge on any atom is -0.494 e. The third-order valence-electron chi connectivity index (χ3n) is 1.75. The Morgan fingerprint density at radius 3 is 3.07 bits per heavy atom. The molecule has 1 radical (unpaired) electrons. The molecule has 0 aromatic heterocycles. The van der Waals surface area contributed by atoms with Gasteiger partial charge in [-0.1, -0.05) is 18.2 Å². The molecule has 14 heavy (non-hydrogen) atoms. The van der Waals surface area contributed by atoms with Crippen molar-refractivity contribution in [3.8, 4) is 5.75 Å². The Morgan fingerprint density at radius 2 is 2.36 bits per heavy atom. The lowest BCUT2D eigenvalue weighted by molar-refractivity contribution is 0.340. The van der Waals surface area contributed by atoms with Crippen LogP contribution in [0, 0.1) is 0 Å². The summed E-state index contributed by atoms with van der Waals surface area (Å²) in [6.07, 6.45) is 5.61. The average Bonchev–Trinajstić information content (AvgIpc) is 2.19. The van der Waals surface area contributed by atoms with Gasteiger partial charge in [0, 0.05) is 0 Å². The van der Waals surface area contributed by atoms with Gasteiger partial charge >= 0.3 is 0 Å². The molecule has 73 valence electrons. The van der Waals surface area contributed by atoms with Crippen LogP contribution in [-0.4, -0.2) is 12.9 Å². The van der Waals surface area contributed by atoms with E-state index >= 15 is 0 Å². The van der Waals surface area contributed by atoms with Crippen molar-refractivity contribution in [3.05, 3.63) is 42.0 Å². The van der Waals surface area contributed by atoms with E-state index in [1.807, 2.05) is 31.2 Å². The van der Waals surface area contributed by atoms with E-state index in [0.717, 1.165) is 17.7 Å². The zero-order chi connectivity index (χ0) is 10.2. The van der Waals surface area contributed by atoms with Crippen LogP contribution in [0.3, 0.4) is 0 Å². The van der Waals surface area contributed by atoms with Crippen LogP contribution >= 0.6 is 0 Å². The minimum atomic E-state index is 0.668. The standard InChI is InChI=1S/C12H13O2/c1-2-14-12-8-5-7-11(10-12)6-3-4-9-13/h3-5,7-8,10H,2,6H2,1H3. The summed E-state index contributed by atoms with van der Waals surface area (Å²) >= 11 is 0. The molecule has 0 N–H and O–H groups in total. The molecule has 0 saturated carbocycles. The summed E-state index contributed by atoms with van der Waals surface area (Å²) in [7, 11) is 0. The lowest BCUT2D eigenvalue weighted by Gasteiger charge is -2.03. The maximum absolute atomic E-state index is 9.93. The van der Waals surface area contributed by atoms with Gasteiger partial charge in [0.05, 0.1) is 6.61 Å². The van der Waals surface area contributed by atoms with E-state index in [-0.39, 0.29) is 0 Å². The molecular weight excluding hydrogens is 176 g/mol. The van der Waals surface area contributed by atoms with Crippen molar-refractivity contribution in [2.24, 2.45) is 0 Å². The van der Waals surface area contributed by atoms with Crippen LogP contribution in [0.4, 0.5) is 0 Å². The lowest BCUT2D eigenvalue weighted by atomic mass is 10.1. The highest BCUT2D eigenvalue weighted by Gasteiger charge is 1.93. The van der Waals surface area contributed by atoms with Crippen LogP contribution in [0.5, 0.6) is 5.75 Å². The second kappa shape index (κ2) is 5.97. The van der Waals surface area contributed by atoms with Gasteiger partial charge in [-0.25, -0.2) is 0 Å². The number of carbonyl (C=O) groups excluding carboxylic acids is 1. The van der Waals surface area contributed by atoms with Crippen LogP contribution in [-0.2, 0) is 11.2 Å². The Labute approximate surface area is 84.2 Å². The third kappa shape index (κ3) is 3.44. The molecule has 0 aliphatic rings. The minimum absolute atomic E-state index is 0.668. The van der Waals surface area contributed by atoms with E-state index in [1.54, 1.807) is 12.4 Å². The van der Waals surface area contributed by atoms with Gasteiger partial charge in [0.2, 0.25) is 6.29 Å². The van der Waals surface area contributed by atoms with E-state index in [0.29, 0.717) is 6.61 Å². The molecule has 0 aliphatic heterocycles. The summed E-state index contributed by atoms with van der Waals surface area (Å²) in [4.78, 5) is 9.93. The summed E-state index contributed by atoms with van der Waals surface area (Å²) < 4.78 is 5.35. The van der Waals surface area contributed by atoms with Gasteiger partial charge in [-0.2, -0.15) is 0 Å². The number of allylic oxidation sites excluding steroid dienone is 2. The lowest BCUT2D eigenvalue weighted by Crippen LogP contribution is -1.92. The van der Waals surface area contributed by atoms with E-state index < -0.39 is 0 Å². The maximum Gasteiger partial charge on any atom is 0.225 e. The number of hydrogen-bond acceptors (Lipinski definition) is 2. The molecule has 0 unspecified atom stereocenters. The van der Waals surface area contributed by atoms with Gasteiger partial charge < -0.3 is 4.74 Å². The van der Waals surface area contributed by atoms with Gasteiger partial charge in [0.15, 0.2) is 0 Å². The molecule has 0 spiro atoms. The smallest absolute Gasteiger partial charge is 0.225 e. The largest absolute Gasteiger partial charge is 0.494 e. The molecule has 0 atom stereocenters. The Bertz CT molecular complexity index is 316. The van der Waals surface area contributed by atoms with Crippen LogP contribution in [0.25, 0.3) is 0 Å². The first kappa shape index (κ1) is 10.5. The SMILES string of the molecule is CCOc1cccc(CC=C[C]=O)c1. The number of ether oxygens (including phenoxy) is 1. The zero-order valence-electron chi connectivity index (χ0n) is 8.19. The highest BCUT2D eigenvalue weighted by molar-refractivity contribution is 5.65. The predicted octanol–water partition coefficient (Wildman–Crippen LogP) is 2.29. The molecule has 0 saturated heterocycles. The van der Waals surface area contributed by atoms with Gasteiger partial charge in [-0.15, -0.1) is 0 Å². The molecule has 1 aromatic rings. The monoisotopic (exact) mass is 189 g/mol. The van der Waals surface area contributed by atoms with E-state index in [9.17, 15) is 4.79 Å². The van der Waals surface area contributed by atoms with Crippen molar-refractivity contribution in [2.75, 3.05) is 6.61 Å². The molecular formula is C12H13O2. The molecule has 0 amide bonds. The van der Waals surface area contributed by atoms with Crippen molar-refractivity contribution in [1.82, 2.24) is 0 Å². The molecule has 0 heterocycles.